The van der Waals surface area contributed by atoms with Crippen molar-refractivity contribution in [3.63, 3.8) is 0 Å². The third-order valence-electron chi connectivity index (χ3n) is 2.27. The number of nitrogens with one attached hydrogen (secondary N) is 1. The summed E-state index contributed by atoms with van der Waals surface area (Å²) in [6, 6.07) is 6.04. The van der Waals surface area contributed by atoms with Gasteiger partial charge in [-0.2, -0.15) is 0 Å². The molecule has 0 fully saturated rings. The Morgan fingerprint density at radius 2 is 1.82 bits per heavy atom. The molecule has 1 aromatic carbocycles. The number of carbonyl (C=O) groups excluding carboxylic acids is 1. The van der Waals surface area contributed by atoms with E-state index in [1.165, 1.54) is 12.1 Å². The SMILES string of the molecule is CC(C)S(=O)(=O)c1ccc(NC(=O)CN)cc1. The van der Waals surface area contributed by atoms with Crippen molar-refractivity contribution in [1.29, 1.82) is 0 Å². The fourth-order valence-electron chi connectivity index (χ4n) is 1.21. The summed E-state index contributed by atoms with van der Waals surface area (Å²) in [6.07, 6.45) is 0. The first-order chi connectivity index (χ1) is 7.87. The minimum Gasteiger partial charge on any atom is -0.325 e. The number of hydrogen-bond acceptors (Lipinski definition) is 4. The summed E-state index contributed by atoms with van der Waals surface area (Å²) < 4.78 is 23.6. The van der Waals surface area contributed by atoms with Crippen molar-refractivity contribution >= 4 is 21.4 Å². The van der Waals surface area contributed by atoms with E-state index in [0.717, 1.165) is 0 Å². The molecule has 0 aliphatic heterocycles. The molecule has 0 heterocycles. The van der Waals surface area contributed by atoms with Gasteiger partial charge in [-0.25, -0.2) is 8.42 Å². The Morgan fingerprint density at radius 3 is 2.24 bits per heavy atom. The minimum atomic E-state index is -3.27. The topological polar surface area (TPSA) is 89.3 Å². The molecule has 0 saturated carbocycles. The molecule has 3 N–H and O–H groups in total. The van der Waals surface area contributed by atoms with Gasteiger partial charge in [0.15, 0.2) is 9.84 Å². The standard InChI is InChI=1S/C11H16N2O3S/c1-8(2)17(15,16)10-5-3-9(4-6-10)13-11(14)7-12/h3-6,8H,7,12H2,1-2H3,(H,13,14). The van der Waals surface area contributed by atoms with Gasteiger partial charge in [0.2, 0.25) is 5.91 Å². The Kier molecular flexibility index (Phi) is 4.25. The van der Waals surface area contributed by atoms with Crippen LogP contribution in [0.2, 0.25) is 0 Å². The number of sulfone groups is 1. The average molecular weight is 256 g/mol. The highest BCUT2D eigenvalue weighted by molar-refractivity contribution is 7.92. The van der Waals surface area contributed by atoms with Crippen LogP contribution in [0.4, 0.5) is 5.69 Å². The lowest BCUT2D eigenvalue weighted by molar-refractivity contribution is -0.114. The molecule has 1 amide bonds. The summed E-state index contributed by atoms with van der Waals surface area (Å²) in [6.45, 7) is 3.14. The van der Waals surface area contributed by atoms with Crippen LogP contribution >= 0.6 is 0 Å². The van der Waals surface area contributed by atoms with E-state index in [1.54, 1.807) is 26.0 Å². The third-order valence-corrected chi connectivity index (χ3v) is 4.44. The normalized spacial score (nSPS) is 11.5. The lowest BCUT2D eigenvalue weighted by Crippen LogP contribution is -2.21. The molecule has 0 atom stereocenters. The van der Waals surface area contributed by atoms with Gasteiger partial charge in [0, 0.05) is 5.69 Å². The van der Waals surface area contributed by atoms with Crippen molar-refractivity contribution in [2.24, 2.45) is 5.73 Å². The summed E-state index contributed by atoms with van der Waals surface area (Å²) in [5.74, 6) is -0.315. The molecule has 0 spiro atoms. The van der Waals surface area contributed by atoms with E-state index in [-0.39, 0.29) is 17.3 Å². The van der Waals surface area contributed by atoms with E-state index in [0.29, 0.717) is 5.69 Å². The van der Waals surface area contributed by atoms with E-state index in [2.05, 4.69) is 5.32 Å². The second kappa shape index (κ2) is 5.29. The number of hydrogen-bond donors (Lipinski definition) is 2. The van der Waals surface area contributed by atoms with E-state index < -0.39 is 15.1 Å². The Morgan fingerprint density at radius 1 is 1.29 bits per heavy atom. The Balaban J connectivity index is 2.93. The predicted molar refractivity (Wildman–Crippen MR) is 66.4 cm³/mol. The fraction of sp³-hybridized carbons (Fsp3) is 0.364. The number of nitrogens with two attached hydrogens (primary N) is 1. The number of carbonyl (C=O) groups is 1. The Bertz CT molecular complexity index is 492. The van der Waals surface area contributed by atoms with Crippen molar-refractivity contribution in [1.82, 2.24) is 0 Å². The van der Waals surface area contributed by atoms with Crippen LogP contribution in [0.15, 0.2) is 29.2 Å². The summed E-state index contributed by atoms with van der Waals surface area (Å²) in [7, 11) is -3.27. The van der Waals surface area contributed by atoms with E-state index in [1.807, 2.05) is 0 Å². The lowest BCUT2D eigenvalue weighted by atomic mass is 10.3. The fourth-order valence-corrected chi connectivity index (χ4v) is 2.27. The molecule has 17 heavy (non-hydrogen) atoms. The number of rotatable bonds is 4. The van der Waals surface area contributed by atoms with Gasteiger partial charge in [0.25, 0.3) is 0 Å². The van der Waals surface area contributed by atoms with Crippen molar-refractivity contribution < 1.29 is 13.2 Å². The van der Waals surface area contributed by atoms with Gasteiger partial charge in [0.05, 0.1) is 16.7 Å². The van der Waals surface area contributed by atoms with Gasteiger partial charge in [-0.05, 0) is 38.1 Å². The smallest absolute Gasteiger partial charge is 0.238 e. The minimum absolute atomic E-state index is 0.105. The molecule has 0 unspecified atom stereocenters. The van der Waals surface area contributed by atoms with Gasteiger partial charge in [0.1, 0.15) is 0 Å². The molecular weight excluding hydrogens is 240 g/mol. The summed E-state index contributed by atoms with van der Waals surface area (Å²) in [5.41, 5.74) is 5.68. The van der Waals surface area contributed by atoms with Crippen molar-refractivity contribution in [2.45, 2.75) is 24.0 Å². The highest BCUT2D eigenvalue weighted by Crippen LogP contribution is 2.18. The van der Waals surface area contributed by atoms with Crippen LogP contribution in [0.25, 0.3) is 0 Å². The molecule has 0 bridgehead atoms. The predicted octanol–water partition coefficient (Wildman–Crippen LogP) is 0.766. The Labute approximate surface area is 101 Å². The zero-order chi connectivity index (χ0) is 13.1. The second-order valence-electron chi connectivity index (χ2n) is 3.87. The van der Waals surface area contributed by atoms with Crippen molar-refractivity contribution in [2.75, 3.05) is 11.9 Å². The maximum Gasteiger partial charge on any atom is 0.238 e. The van der Waals surface area contributed by atoms with Crippen LogP contribution in [-0.2, 0) is 14.6 Å². The summed E-state index contributed by atoms with van der Waals surface area (Å²) >= 11 is 0. The van der Waals surface area contributed by atoms with Gasteiger partial charge in [-0.15, -0.1) is 0 Å². The van der Waals surface area contributed by atoms with Crippen molar-refractivity contribution in [3.05, 3.63) is 24.3 Å². The van der Waals surface area contributed by atoms with Crippen molar-refractivity contribution in [3.8, 4) is 0 Å². The quantitative estimate of drug-likeness (QED) is 0.832. The second-order valence-corrected chi connectivity index (χ2v) is 6.37. The molecular formula is C11H16N2O3S. The molecule has 0 saturated heterocycles. The van der Waals surface area contributed by atoms with Crippen LogP contribution in [0.3, 0.4) is 0 Å². The van der Waals surface area contributed by atoms with E-state index >= 15 is 0 Å². The van der Waals surface area contributed by atoms with Crippen LogP contribution < -0.4 is 11.1 Å². The Hall–Kier alpha value is -1.40. The summed E-state index contributed by atoms with van der Waals surface area (Å²) in [4.78, 5) is 11.3. The molecule has 6 heteroatoms. The van der Waals surface area contributed by atoms with Crippen LogP contribution in [0.1, 0.15) is 13.8 Å². The van der Waals surface area contributed by atoms with E-state index in [9.17, 15) is 13.2 Å². The molecule has 5 nitrogen and oxygen atoms in total. The largest absolute Gasteiger partial charge is 0.325 e. The molecule has 1 aromatic rings. The third kappa shape index (κ3) is 3.28. The van der Waals surface area contributed by atoms with E-state index in [4.69, 9.17) is 5.73 Å². The highest BCUT2D eigenvalue weighted by atomic mass is 32.2. The zero-order valence-corrected chi connectivity index (χ0v) is 10.6. The van der Waals surface area contributed by atoms with Crippen LogP contribution in [0, 0.1) is 0 Å². The molecule has 0 aliphatic rings. The maximum absolute atomic E-state index is 11.8. The van der Waals surface area contributed by atoms with Gasteiger partial charge < -0.3 is 11.1 Å². The lowest BCUT2D eigenvalue weighted by Gasteiger charge is -2.09. The first kappa shape index (κ1) is 13.7. The summed E-state index contributed by atoms with van der Waals surface area (Å²) in [5, 5.41) is 2.07. The highest BCUT2D eigenvalue weighted by Gasteiger charge is 2.18. The first-order valence-corrected chi connectivity index (χ1v) is 6.76. The number of amides is 1. The molecule has 0 aliphatic carbocycles. The average Bonchev–Trinajstić information content (AvgIpc) is 2.29. The molecule has 0 radical (unpaired) electrons. The van der Waals surface area contributed by atoms with Gasteiger partial charge >= 0.3 is 0 Å². The van der Waals surface area contributed by atoms with Gasteiger partial charge in [-0.3, -0.25) is 4.79 Å². The molecule has 1 rings (SSSR count). The molecule has 0 aromatic heterocycles. The number of anilines is 1. The molecule has 94 valence electrons. The van der Waals surface area contributed by atoms with Crippen LogP contribution in [-0.4, -0.2) is 26.1 Å². The van der Waals surface area contributed by atoms with Crippen LogP contribution in [0.5, 0.6) is 0 Å². The van der Waals surface area contributed by atoms with Gasteiger partial charge in [-0.1, -0.05) is 0 Å². The zero-order valence-electron chi connectivity index (χ0n) is 9.80. The monoisotopic (exact) mass is 256 g/mol. The maximum atomic E-state index is 11.8. The first-order valence-electron chi connectivity index (χ1n) is 5.22. The number of benzene rings is 1.